The molecule has 0 aromatic carbocycles. The zero-order valence-corrected chi connectivity index (χ0v) is 12.9. The summed E-state index contributed by atoms with van der Waals surface area (Å²) in [4.78, 5) is 10.8. The summed E-state index contributed by atoms with van der Waals surface area (Å²) < 4.78 is 6.41. The van der Waals surface area contributed by atoms with Gasteiger partial charge in [0.2, 0.25) is 5.78 Å². The molecule has 0 radical (unpaired) electrons. The van der Waals surface area contributed by atoms with Crippen LogP contribution in [0.3, 0.4) is 0 Å². The molecule has 0 aromatic rings. The fraction of sp³-hybridized carbons (Fsp3) is 0.786. The number of carbonyl (C=O) groups excluding carboxylic acids is 1. The van der Waals surface area contributed by atoms with Crippen LogP contribution in [0.2, 0.25) is 18.1 Å². The molecule has 1 aliphatic carbocycles. The molecule has 17 heavy (non-hydrogen) atoms. The van der Waals surface area contributed by atoms with Gasteiger partial charge in [0.15, 0.2) is 8.32 Å². The standard InChI is InChI=1S/C14H24O2Si/c1-12(15)8-7-9-14(10-11-14)16-17(5,6)13(2,3)4/h9-11H2,1-6H3. The van der Waals surface area contributed by atoms with E-state index in [1.54, 1.807) is 0 Å². The highest BCUT2D eigenvalue weighted by atomic mass is 28.4. The number of Topliss-reactive ketones (excluding diaryl/α,β-unsaturated/α-hetero) is 1. The number of rotatable bonds is 3. The molecule has 0 atom stereocenters. The lowest BCUT2D eigenvalue weighted by atomic mass is 10.2. The Kier molecular flexibility index (Phi) is 3.90. The second-order valence-corrected chi connectivity index (χ2v) is 11.3. The Morgan fingerprint density at radius 1 is 1.35 bits per heavy atom. The zero-order valence-electron chi connectivity index (χ0n) is 11.9. The molecule has 96 valence electrons. The number of hydrogen-bond donors (Lipinski definition) is 0. The third-order valence-electron chi connectivity index (χ3n) is 3.76. The van der Waals surface area contributed by atoms with Crippen molar-refractivity contribution < 1.29 is 9.22 Å². The van der Waals surface area contributed by atoms with E-state index >= 15 is 0 Å². The summed E-state index contributed by atoms with van der Waals surface area (Å²) in [6, 6.07) is 0. The maximum atomic E-state index is 10.8. The van der Waals surface area contributed by atoms with Gasteiger partial charge >= 0.3 is 0 Å². The predicted molar refractivity (Wildman–Crippen MR) is 73.3 cm³/mol. The van der Waals surface area contributed by atoms with Gasteiger partial charge in [0.1, 0.15) is 0 Å². The van der Waals surface area contributed by atoms with Gasteiger partial charge in [0.05, 0.1) is 5.60 Å². The van der Waals surface area contributed by atoms with E-state index in [4.69, 9.17) is 4.43 Å². The van der Waals surface area contributed by atoms with Crippen LogP contribution >= 0.6 is 0 Å². The van der Waals surface area contributed by atoms with Crippen molar-refractivity contribution in [1.29, 1.82) is 0 Å². The van der Waals surface area contributed by atoms with E-state index in [1.165, 1.54) is 6.92 Å². The monoisotopic (exact) mass is 252 g/mol. The second-order valence-electron chi connectivity index (χ2n) is 6.58. The summed E-state index contributed by atoms with van der Waals surface area (Å²) in [5, 5.41) is 0.233. The van der Waals surface area contributed by atoms with E-state index < -0.39 is 8.32 Å². The highest BCUT2D eigenvalue weighted by molar-refractivity contribution is 6.74. The van der Waals surface area contributed by atoms with E-state index in [0.29, 0.717) is 6.42 Å². The van der Waals surface area contributed by atoms with Gasteiger partial charge in [-0.2, -0.15) is 0 Å². The van der Waals surface area contributed by atoms with Crippen LogP contribution in [0.15, 0.2) is 0 Å². The summed E-state index contributed by atoms with van der Waals surface area (Å²) in [6.45, 7) is 12.8. The van der Waals surface area contributed by atoms with Crippen LogP contribution in [-0.4, -0.2) is 19.7 Å². The Morgan fingerprint density at radius 2 is 1.88 bits per heavy atom. The fourth-order valence-electron chi connectivity index (χ4n) is 1.48. The van der Waals surface area contributed by atoms with Crippen LogP contribution in [-0.2, 0) is 9.22 Å². The number of carbonyl (C=O) groups is 1. The smallest absolute Gasteiger partial charge is 0.202 e. The Morgan fingerprint density at radius 3 is 2.24 bits per heavy atom. The SMILES string of the molecule is CC(=O)C#CCC1(O[Si](C)(C)C(C)(C)C)CC1. The Hall–Kier alpha value is -0.593. The molecule has 1 aliphatic rings. The van der Waals surface area contributed by atoms with Crippen molar-refractivity contribution in [2.24, 2.45) is 0 Å². The van der Waals surface area contributed by atoms with E-state index in [1.807, 2.05) is 0 Å². The molecule has 0 spiro atoms. The molecule has 1 rings (SSSR count). The van der Waals surface area contributed by atoms with Crippen molar-refractivity contribution in [2.75, 3.05) is 0 Å². The summed E-state index contributed by atoms with van der Waals surface area (Å²) in [5.74, 6) is 5.51. The van der Waals surface area contributed by atoms with Crippen LogP contribution in [0.5, 0.6) is 0 Å². The summed E-state index contributed by atoms with van der Waals surface area (Å²) in [6.07, 6.45) is 2.89. The second kappa shape index (κ2) is 4.59. The molecule has 0 amide bonds. The highest BCUT2D eigenvalue weighted by Crippen LogP contribution is 2.49. The average molecular weight is 252 g/mol. The van der Waals surface area contributed by atoms with Gasteiger partial charge in [0.25, 0.3) is 0 Å². The number of ketones is 1. The summed E-state index contributed by atoms with van der Waals surface area (Å²) in [7, 11) is -1.71. The molecule has 0 unspecified atom stereocenters. The first-order chi connectivity index (χ1) is 7.58. The van der Waals surface area contributed by atoms with Crippen molar-refractivity contribution >= 4 is 14.1 Å². The van der Waals surface area contributed by atoms with Gasteiger partial charge in [0, 0.05) is 13.3 Å². The van der Waals surface area contributed by atoms with E-state index in [9.17, 15) is 4.79 Å². The first-order valence-electron chi connectivity index (χ1n) is 6.28. The Bertz CT molecular complexity index is 362. The highest BCUT2D eigenvalue weighted by Gasteiger charge is 2.50. The minimum Gasteiger partial charge on any atom is -0.410 e. The van der Waals surface area contributed by atoms with Crippen LogP contribution in [0.1, 0.15) is 47.0 Å². The Balaban J connectivity index is 2.63. The minimum absolute atomic E-state index is 0.0363. The predicted octanol–water partition coefficient (Wildman–Crippen LogP) is 3.52. The van der Waals surface area contributed by atoms with Gasteiger partial charge < -0.3 is 4.43 Å². The quantitative estimate of drug-likeness (QED) is 0.436. The van der Waals surface area contributed by atoms with E-state index in [2.05, 4.69) is 45.7 Å². The van der Waals surface area contributed by atoms with Crippen molar-refractivity contribution in [1.82, 2.24) is 0 Å². The topological polar surface area (TPSA) is 26.3 Å². The molecule has 0 heterocycles. The number of hydrogen-bond acceptors (Lipinski definition) is 2. The van der Waals surface area contributed by atoms with Crippen molar-refractivity contribution in [3.05, 3.63) is 0 Å². The van der Waals surface area contributed by atoms with Gasteiger partial charge in [-0.05, 0) is 36.9 Å². The molecule has 1 saturated carbocycles. The normalized spacial score (nSPS) is 18.2. The maximum Gasteiger partial charge on any atom is 0.202 e. The molecule has 2 nitrogen and oxygen atoms in total. The van der Waals surface area contributed by atoms with Crippen LogP contribution in [0.4, 0.5) is 0 Å². The lowest BCUT2D eigenvalue weighted by molar-refractivity contribution is -0.111. The van der Waals surface area contributed by atoms with Crippen molar-refractivity contribution in [2.45, 2.75) is 70.7 Å². The third-order valence-corrected chi connectivity index (χ3v) is 8.32. The van der Waals surface area contributed by atoms with Crippen molar-refractivity contribution in [3.8, 4) is 11.8 Å². The van der Waals surface area contributed by atoms with Crippen LogP contribution < -0.4 is 0 Å². The molecule has 0 aliphatic heterocycles. The molecule has 0 saturated heterocycles. The lowest BCUT2D eigenvalue weighted by Crippen LogP contribution is -2.44. The average Bonchev–Trinajstić information content (AvgIpc) is 2.81. The zero-order chi connectivity index (χ0) is 13.3. The summed E-state index contributed by atoms with van der Waals surface area (Å²) >= 11 is 0. The molecule has 0 bridgehead atoms. The Labute approximate surface area is 106 Å². The maximum absolute atomic E-state index is 10.8. The fourth-order valence-corrected chi connectivity index (χ4v) is 3.14. The van der Waals surface area contributed by atoms with Gasteiger partial charge in [-0.1, -0.05) is 26.7 Å². The molecule has 1 fully saturated rings. The van der Waals surface area contributed by atoms with E-state index in [0.717, 1.165) is 12.8 Å². The van der Waals surface area contributed by atoms with Crippen molar-refractivity contribution in [3.63, 3.8) is 0 Å². The van der Waals surface area contributed by atoms with Gasteiger partial charge in [-0.3, -0.25) is 4.79 Å². The third kappa shape index (κ3) is 3.97. The minimum atomic E-state index is -1.71. The summed E-state index contributed by atoms with van der Waals surface area (Å²) in [5.41, 5.74) is -0.0363. The molecular formula is C14H24O2Si. The molecule has 3 heteroatoms. The first-order valence-corrected chi connectivity index (χ1v) is 9.18. The van der Waals surface area contributed by atoms with Crippen LogP contribution in [0.25, 0.3) is 0 Å². The first kappa shape index (κ1) is 14.5. The van der Waals surface area contributed by atoms with Gasteiger partial charge in [-0.15, -0.1) is 0 Å². The largest absolute Gasteiger partial charge is 0.410 e. The lowest BCUT2D eigenvalue weighted by Gasteiger charge is -2.39. The molecular weight excluding hydrogens is 228 g/mol. The van der Waals surface area contributed by atoms with Gasteiger partial charge in [-0.25, -0.2) is 0 Å². The molecule has 0 N–H and O–H groups in total. The van der Waals surface area contributed by atoms with E-state index in [-0.39, 0.29) is 16.4 Å². The molecule has 0 aromatic heterocycles. The van der Waals surface area contributed by atoms with Crippen LogP contribution in [0, 0.1) is 11.8 Å².